The van der Waals surface area contributed by atoms with E-state index in [0.717, 1.165) is 66.2 Å². The van der Waals surface area contributed by atoms with E-state index in [2.05, 4.69) is 126 Å². The number of benzene rings is 8. The number of aromatic nitrogens is 4. The zero-order valence-corrected chi connectivity index (χ0v) is 29.0. The maximum atomic E-state index is 6.67. The van der Waals surface area contributed by atoms with E-state index in [1.807, 2.05) is 60.7 Å². The van der Waals surface area contributed by atoms with Gasteiger partial charge in [0.25, 0.3) is 0 Å². The van der Waals surface area contributed by atoms with Gasteiger partial charge in [0, 0.05) is 43.9 Å². The van der Waals surface area contributed by atoms with Gasteiger partial charge in [0.05, 0.1) is 11.0 Å². The largest absolute Gasteiger partial charge is 0.456 e. The van der Waals surface area contributed by atoms with Crippen LogP contribution in [0.5, 0.6) is 0 Å². The van der Waals surface area contributed by atoms with Crippen LogP contribution < -0.4 is 0 Å². The number of hydrogen-bond acceptors (Lipinski definition) is 4. The van der Waals surface area contributed by atoms with Crippen molar-refractivity contribution in [1.82, 2.24) is 19.5 Å². The number of para-hydroxylation sites is 2. The number of fused-ring (bicyclic) bond motifs is 8. The summed E-state index contributed by atoms with van der Waals surface area (Å²) in [7, 11) is 0. The summed E-state index contributed by atoms with van der Waals surface area (Å²) in [6, 6.07) is 63.3. The maximum Gasteiger partial charge on any atom is 0.164 e. The number of rotatable bonds is 5. The van der Waals surface area contributed by atoms with Gasteiger partial charge in [0.15, 0.2) is 17.5 Å². The van der Waals surface area contributed by atoms with Crippen molar-refractivity contribution in [3.8, 4) is 51.0 Å². The lowest BCUT2D eigenvalue weighted by Crippen LogP contribution is -2.00. The minimum atomic E-state index is 0.622. The predicted molar refractivity (Wildman–Crippen MR) is 221 cm³/mol. The second kappa shape index (κ2) is 12.1. The first kappa shape index (κ1) is 30.3. The molecule has 0 aliphatic carbocycles. The second-order valence-electron chi connectivity index (χ2n) is 13.6. The molecule has 0 bridgehead atoms. The van der Waals surface area contributed by atoms with Crippen LogP contribution in [0.25, 0.3) is 105 Å². The predicted octanol–water partition coefficient (Wildman–Crippen LogP) is 12.7. The molecular weight excluding hydrogens is 661 g/mol. The van der Waals surface area contributed by atoms with E-state index in [-0.39, 0.29) is 0 Å². The first-order chi connectivity index (χ1) is 26.8. The van der Waals surface area contributed by atoms with Gasteiger partial charge in [-0.05, 0) is 64.4 Å². The van der Waals surface area contributed by atoms with E-state index in [0.29, 0.717) is 17.5 Å². The molecule has 0 amide bonds. The Balaban J connectivity index is 1.08. The van der Waals surface area contributed by atoms with E-state index in [1.54, 1.807) is 0 Å². The van der Waals surface area contributed by atoms with Gasteiger partial charge in [-0.2, -0.15) is 0 Å². The highest BCUT2D eigenvalue weighted by molar-refractivity contribution is 6.22. The third-order valence-electron chi connectivity index (χ3n) is 10.4. The summed E-state index contributed by atoms with van der Waals surface area (Å²) in [5.41, 5.74) is 10.1. The third kappa shape index (κ3) is 4.83. The van der Waals surface area contributed by atoms with Gasteiger partial charge in [0.1, 0.15) is 11.2 Å². The van der Waals surface area contributed by atoms with Gasteiger partial charge in [-0.15, -0.1) is 0 Å². The van der Waals surface area contributed by atoms with Crippen LogP contribution in [0.15, 0.2) is 186 Å². The molecule has 0 aliphatic heterocycles. The van der Waals surface area contributed by atoms with Crippen LogP contribution in [-0.4, -0.2) is 19.5 Å². The molecule has 252 valence electrons. The first-order valence-electron chi connectivity index (χ1n) is 18.1. The number of hydrogen-bond donors (Lipinski definition) is 0. The smallest absolute Gasteiger partial charge is 0.164 e. The summed E-state index contributed by atoms with van der Waals surface area (Å²) in [6.45, 7) is 0. The maximum absolute atomic E-state index is 6.67. The highest BCUT2D eigenvalue weighted by atomic mass is 16.3. The molecule has 54 heavy (non-hydrogen) atoms. The van der Waals surface area contributed by atoms with Gasteiger partial charge in [-0.25, -0.2) is 15.0 Å². The van der Waals surface area contributed by atoms with E-state index in [1.165, 1.54) is 21.8 Å². The van der Waals surface area contributed by atoms with Crippen molar-refractivity contribution in [2.75, 3.05) is 0 Å². The molecule has 0 atom stereocenters. The highest BCUT2D eigenvalue weighted by Crippen LogP contribution is 2.42. The van der Waals surface area contributed by atoms with Crippen LogP contribution in [0, 0.1) is 0 Å². The quantitative estimate of drug-likeness (QED) is 0.180. The van der Waals surface area contributed by atoms with Gasteiger partial charge in [-0.3, -0.25) is 0 Å². The Labute approximate surface area is 310 Å². The van der Waals surface area contributed by atoms with Crippen molar-refractivity contribution >= 4 is 54.5 Å². The van der Waals surface area contributed by atoms with Crippen molar-refractivity contribution in [2.45, 2.75) is 0 Å². The fourth-order valence-corrected chi connectivity index (χ4v) is 7.97. The zero-order valence-electron chi connectivity index (χ0n) is 29.0. The fraction of sp³-hybridized carbons (Fsp3) is 0. The van der Waals surface area contributed by atoms with Crippen LogP contribution in [0.4, 0.5) is 0 Å². The van der Waals surface area contributed by atoms with Gasteiger partial charge >= 0.3 is 0 Å². The SMILES string of the molecule is c1ccc(-c2nc(-c3ccccc3)nc(-c3cccc(-c4cc5oc6ccc(-n7c8ccccc8c8ccccc87)cc6c5c5ccccc45)c3)n2)cc1. The molecule has 11 aromatic rings. The Morgan fingerprint density at radius 2 is 0.870 bits per heavy atom. The third-order valence-corrected chi connectivity index (χ3v) is 10.4. The Morgan fingerprint density at radius 1 is 0.352 bits per heavy atom. The van der Waals surface area contributed by atoms with Crippen LogP contribution in [0.2, 0.25) is 0 Å². The lowest BCUT2D eigenvalue weighted by Gasteiger charge is -2.11. The van der Waals surface area contributed by atoms with Crippen molar-refractivity contribution in [3.05, 3.63) is 182 Å². The minimum Gasteiger partial charge on any atom is -0.456 e. The molecular formula is C49H30N4O. The Hall–Kier alpha value is -7.37. The average Bonchev–Trinajstić information content (AvgIpc) is 3.79. The van der Waals surface area contributed by atoms with E-state index >= 15 is 0 Å². The highest BCUT2D eigenvalue weighted by Gasteiger charge is 2.19. The summed E-state index contributed by atoms with van der Waals surface area (Å²) in [5.74, 6) is 1.90. The normalized spacial score (nSPS) is 11.7. The van der Waals surface area contributed by atoms with Crippen LogP contribution in [0.1, 0.15) is 0 Å². The lowest BCUT2D eigenvalue weighted by atomic mass is 9.94. The van der Waals surface area contributed by atoms with E-state index in [9.17, 15) is 0 Å². The molecule has 5 nitrogen and oxygen atoms in total. The van der Waals surface area contributed by atoms with Crippen molar-refractivity contribution in [3.63, 3.8) is 0 Å². The Kier molecular flexibility index (Phi) is 6.79. The molecule has 0 saturated carbocycles. The summed E-state index contributed by atoms with van der Waals surface area (Å²) < 4.78 is 9.03. The molecule has 8 aromatic carbocycles. The van der Waals surface area contributed by atoms with Crippen LogP contribution in [0.3, 0.4) is 0 Å². The Morgan fingerprint density at radius 3 is 1.52 bits per heavy atom. The molecule has 0 fully saturated rings. The Bertz CT molecular complexity index is 3110. The number of furan rings is 1. The summed E-state index contributed by atoms with van der Waals surface area (Å²) in [4.78, 5) is 14.9. The summed E-state index contributed by atoms with van der Waals surface area (Å²) in [6.07, 6.45) is 0. The average molecular weight is 691 g/mol. The topological polar surface area (TPSA) is 56.7 Å². The van der Waals surface area contributed by atoms with Crippen LogP contribution in [-0.2, 0) is 0 Å². The van der Waals surface area contributed by atoms with Crippen LogP contribution >= 0.6 is 0 Å². The molecule has 0 aliphatic rings. The molecule has 0 radical (unpaired) electrons. The van der Waals surface area contributed by atoms with E-state index < -0.39 is 0 Å². The molecule has 3 aromatic heterocycles. The van der Waals surface area contributed by atoms with Crippen molar-refractivity contribution < 1.29 is 4.42 Å². The second-order valence-corrected chi connectivity index (χ2v) is 13.6. The van der Waals surface area contributed by atoms with Crippen molar-refractivity contribution in [1.29, 1.82) is 0 Å². The van der Waals surface area contributed by atoms with Gasteiger partial charge in [-0.1, -0.05) is 140 Å². The van der Waals surface area contributed by atoms with Gasteiger partial charge in [0.2, 0.25) is 0 Å². The van der Waals surface area contributed by atoms with Crippen molar-refractivity contribution in [2.24, 2.45) is 0 Å². The fourth-order valence-electron chi connectivity index (χ4n) is 7.97. The van der Waals surface area contributed by atoms with E-state index in [4.69, 9.17) is 19.4 Å². The molecule has 0 unspecified atom stereocenters. The summed E-state index contributed by atoms with van der Waals surface area (Å²) >= 11 is 0. The molecule has 11 rings (SSSR count). The standard InChI is InChI=1S/C49H30N4O/c1-3-14-31(15-4-1)47-50-48(32-16-5-2-6-17-32)52-49(51-47)34-19-13-18-33(28-34)40-30-45-46(39-23-8-7-20-36(39)40)41-29-35(26-27-44(41)54-45)53-42-24-11-9-21-37(42)38-22-10-12-25-43(38)53/h1-30H. The zero-order chi connectivity index (χ0) is 35.6. The molecule has 0 saturated heterocycles. The van der Waals surface area contributed by atoms with Gasteiger partial charge < -0.3 is 8.98 Å². The molecule has 5 heteroatoms. The first-order valence-corrected chi connectivity index (χ1v) is 18.1. The monoisotopic (exact) mass is 690 g/mol. The molecule has 0 N–H and O–H groups in total. The molecule has 0 spiro atoms. The lowest BCUT2D eigenvalue weighted by molar-refractivity contribution is 0.669. The summed E-state index contributed by atoms with van der Waals surface area (Å²) in [5, 5.41) is 6.98. The minimum absolute atomic E-state index is 0.622. The number of nitrogens with zero attached hydrogens (tertiary/aromatic N) is 4. The molecule has 3 heterocycles.